The van der Waals surface area contributed by atoms with Crippen molar-refractivity contribution in [2.45, 2.75) is 6.61 Å². The molecule has 0 amide bonds. The standard InChI is InChI=1S/C17H19NO3/c1-19-16-10-6-7-14(11-16)12-21-13-17(18-20-2)15-8-4-3-5-9-15/h3-11,13,18H,12H2,1-2H3. The molecule has 2 aromatic carbocycles. The van der Waals surface area contributed by atoms with E-state index in [2.05, 4.69) is 5.48 Å². The van der Waals surface area contributed by atoms with Crippen LogP contribution in [0, 0.1) is 0 Å². The van der Waals surface area contributed by atoms with Gasteiger partial charge in [-0.05, 0) is 17.7 Å². The van der Waals surface area contributed by atoms with Gasteiger partial charge in [-0.3, -0.25) is 10.3 Å². The molecule has 0 unspecified atom stereocenters. The predicted octanol–water partition coefficient (Wildman–Crippen LogP) is 3.36. The van der Waals surface area contributed by atoms with Gasteiger partial charge in [0.25, 0.3) is 0 Å². The zero-order valence-electron chi connectivity index (χ0n) is 12.2. The first-order valence-electron chi connectivity index (χ1n) is 6.62. The topological polar surface area (TPSA) is 39.7 Å². The van der Waals surface area contributed by atoms with E-state index in [1.165, 1.54) is 0 Å². The minimum atomic E-state index is 0.457. The summed E-state index contributed by atoms with van der Waals surface area (Å²) in [6.45, 7) is 0.457. The third-order valence-corrected chi connectivity index (χ3v) is 2.88. The molecule has 0 atom stereocenters. The summed E-state index contributed by atoms with van der Waals surface area (Å²) in [4.78, 5) is 4.98. The molecule has 1 N–H and O–H groups in total. The molecule has 0 bridgehead atoms. The first-order chi connectivity index (χ1) is 10.3. The molecule has 110 valence electrons. The molecule has 4 heteroatoms. The van der Waals surface area contributed by atoms with Gasteiger partial charge in [-0.15, -0.1) is 0 Å². The van der Waals surface area contributed by atoms with Gasteiger partial charge in [0, 0.05) is 5.56 Å². The number of nitrogens with one attached hydrogen (secondary N) is 1. The van der Waals surface area contributed by atoms with E-state index in [1.54, 1.807) is 20.5 Å². The fraction of sp³-hybridized carbons (Fsp3) is 0.176. The molecule has 0 aliphatic rings. The molecule has 0 spiro atoms. The van der Waals surface area contributed by atoms with Crippen molar-refractivity contribution in [3.63, 3.8) is 0 Å². The van der Waals surface area contributed by atoms with Gasteiger partial charge in [0.15, 0.2) is 0 Å². The van der Waals surface area contributed by atoms with Crippen LogP contribution in [0.5, 0.6) is 5.75 Å². The van der Waals surface area contributed by atoms with Crippen LogP contribution in [0.2, 0.25) is 0 Å². The second-order valence-electron chi connectivity index (χ2n) is 4.37. The lowest BCUT2D eigenvalue weighted by atomic mass is 10.2. The molecule has 0 aromatic heterocycles. The van der Waals surface area contributed by atoms with Gasteiger partial charge in [0.2, 0.25) is 0 Å². The zero-order valence-corrected chi connectivity index (χ0v) is 12.2. The molecule has 0 fully saturated rings. The number of rotatable bonds is 7. The molecule has 0 radical (unpaired) electrons. The van der Waals surface area contributed by atoms with Gasteiger partial charge >= 0.3 is 0 Å². The molecule has 2 aromatic rings. The van der Waals surface area contributed by atoms with Crippen molar-refractivity contribution in [3.8, 4) is 5.75 Å². The minimum absolute atomic E-state index is 0.457. The first-order valence-corrected chi connectivity index (χ1v) is 6.62. The summed E-state index contributed by atoms with van der Waals surface area (Å²) < 4.78 is 10.8. The van der Waals surface area contributed by atoms with Gasteiger partial charge in [-0.1, -0.05) is 42.5 Å². The van der Waals surface area contributed by atoms with E-state index in [1.807, 2.05) is 54.6 Å². The molecule has 4 nitrogen and oxygen atoms in total. The van der Waals surface area contributed by atoms with Crippen molar-refractivity contribution in [3.05, 3.63) is 72.0 Å². The Morgan fingerprint density at radius 3 is 2.57 bits per heavy atom. The Bertz CT molecular complexity index is 582. The Morgan fingerprint density at radius 2 is 1.86 bits per heavy atom. The van der Waals surface area contributed by atoms with Crippen LogP contribution in [0.4, 0.5) is 0 Å². The van der Waals surface area contributed by atoms with Crippen LogP contribution in [0.25, 0.3) is 5.70 Å². The predicted molar refractivity (Wildman–Crippen MR) is 82.3 cm³/mol. The second-order valence-corrected chi connectivity index (χ2v) is 4.37. The highest BCUT2D eigenvalue weighted by molar-refractivity contribution is 5.61. The summed E-state index contributed by atoms with van der Waals surface area (Å²) in [6, 6.07) is 17.6. The van der Waals surface area contributed by atoms with Crippen molar-refractivity contribution < 1.29 is 14.3 Å². The molecule has 0 aliphatic carbocycles. The minimum Gasteiger partial charge on any atom is -0.497 e. The maximum Gasteiger partial charge on any atom is 0.119 e. The highest BCUT2D eigenvalue weighted by Crippen LogP contribution is 2.15. The average Bonchev–Trinajstić information content (AvgIpc) is 2.55. The summed E-state index contributed by atoms with van der Waals surface area (Å²) in [7, 11) is 3.22. The number of hydroxylamine groups is 1. The highest BCUT2D eigenvalue weighted by atomic mass is 16.6. The highest BCUT2D eigenvalue weighted by Gasteiger charge is 2.01. The average molecular weight is 285 g/mol. The van der Waals surface area contributed by atoms with Gasteiger partial charge in [0.1, 0.15) is 24.3 Å². The summed E-state index contributed by atoms with van der Waals surface area (Å²) in [5.74, 6) is 0.818. The third kappa shape index (κ3) is 4.54. The number of hydrogen-bond donors (Lipinski definition) is 1. The van der Waals surface area contributed by atoms with E-state index in [4.69, 9.17) is 14.3 Å². The van der Waals surface area contributed by atoms with Crippen LogP contribution in [0.3, 0.4) is 0 Å². The summed E-state index contributed by atoms with van der Waals surface area (Å²) >= 11 is 0. The monoisotopic (exact) mass is 285 g/mol. The molecular weight excluding hydrogens is 266 g/mol. The quantitative estimate of drug-likeness (QED) is 0.625. The molecule has 0 heterocycles. The van der Waals surface area contributed by atoms with Gasteiger partial charge in [-0.2, -0.15) is 0 Å². The van der Waals surface area contributed by atoms with Crippen LogP contribution >= 0.6 is 0 Å². The van der Waals surface area contributed by atoms with Crippen LogP contribution < -0.4 is 10.2 Å². The van der Waals surface area contributed by atoms with Crippen LogP contribution in [0.1, 0.15) is 11.1 Å². The number of hydrogen-bond acceptors (Lipinski definition) is 4. The van der Waals surface area contributed by atoms with Crippen LogP contribution in [0.15, 0.2) is 60.9 Å². The summed E-state index contributed by atoms with van der Waals surface area (Å²) in [5.41, 5.74) is 5.61. The van der Waals surface area contributed by atoms with E-state index in [0.717, 1.165) is 22.6 Å². The maximum atomic E-state index is 5.63. The van der Waals surface area contributed by atoms with Crippen LogP contribution in [-0.2, 0) is 16.2 Å². The zero-order chi connectivity index (χ0) is 14.9. The fourth-order valence-electron chi connectivity index (χ4n) is 1.86. The lowest BCUT2D eigenvalue weighted by molar-refractivity contribution is 0.132. The lowest BCUT2D eigenvalue weighted by Crippen LogP contribution is -2.10. The Hall–Kier alpha value is -2.46. The first kappa shape index (κ1) is 14.9. The normalized spacial score (nSPS) is 11.0. The largest absolute Gasteiger partial charge is 0.497 e. The SMILES string of the molecule is CONC(=COCc1cccc(OC)c1)c1ccccc1. The Kier molecular flexibility index (Phi) is 5.67. The van der Waals surface area contributed by atoms with E-state index >= 15 is 0 Å². The van der Waals surface area contributed by atoms with Crippen molar-refractivity contribution >= 4 is 5.70 Å². The molecular formula is C17H19NO3. The van der Waals surface area contributed by atoms with Gasteiger partial charge in [0.05, 0.1) is 14.2 Å². The summed E-state index contributed by atoms with van der Waals surface area (Å²) in [5, 5.41) is 0. The number of methoxy groups -OCH3 is 1. The smallest absolute Gasteiger partial charge is 0.119 e. The maximum absolute atomic E-state index is 5.63. The van der Waals surface area contributed by atoms with E-state index < -0.39 is 0 Å². The van der Waals surface area contributed by atoms with E-state index in [-0.39, 0.29) is 0 Å². The lowest BCUT2D eigenvalue weighted by Gasteiger charge is -2.10. The van der Waals surface area contributed by atoms with Crippen molar-refractivity contribution in [2.75, 3.05) is 14.2 Å². The Balaban J connectivity index is 2.03. The van der Waals surface area contributed by atoms with Crippen molar-refractivity contribution in [1.29, 1.82) is 0 Å². The summed E-state index contributed by atoms with van der Waals surface area (Å²) in [6.07, 6.45) is 1.65. The molecule has 0 aliphatic heterocycles. The van der Waals surface area contributed by atoms with Crippen LogP contribution in [-0.4, -0.2) is 14.2 Å². The number of ether oxygens (including phenoxy) is 2. The van der Waals surface area contributed by atoms with Gasteiger partial charge in [-0.25, -0.2) is 0 Å². The van der Waals surface area contributed by atoms with Crippen molar-refractivity contribution in [2.24, 2.45) is 0 Å². The van der Waals surface area contributed by atoms with Crippen molar-refractivity contribution in [1.82, 2.24) is 5.48 Å². The van der Waals surface area contributed by atoms with E-state index in [0.29, 0.717) is 6.61 Å². The molecule has 21 heavy (non-hydrogen) atoms. The fourth-order valence-corrected chi connectivity index (χ4v) is 1.86. The Labute approximate surface area is 124 Å². The Morgan fingerprint density at radius 1 is 1.05 bits per heavy atom. The molecule has 0 saturated heterocycles. The number of benzene rings is 2. The second kappa shape index (κ2) is 7.97. The van der Waals surface area contributed by atoms with Gasteiger partial charge < -0.3 is 9.47 Å². The third-order valence-electron chi connectivity index (χ3n) is 2.88. The van der Waals surface area contributed by atoms with E-state index in [9.17, 15) is 0 Å². The molecule has 2 rings (SSSR count). The molecule has 0 saturated carbocycles.